The van der Waals surface area contributed by atoms with Crippen molar-refractivity contribution in [2.75, 3.05) is 26.4 Å². The van der Waals surface area contributed by atoms with Crippen LogP contribution in [0.15, 0.2) is 36.5 Å². The summed E-state index contributed by atoms with van der Waals surface area (Å²) in [7, 11) is -4.61. The van der Waals surface area contributed by atoms with Crippen LogP contribution in [-0.4, -0.2) is 60.5 Å². The Morgan fingerprint density at radius 1 is 0.615 bits per heavy atom. The van der Waals surface area contributed by atoms with E-state index in [4.69, 9.17) is 29.4 Å². The van der Waals surface area contributed by atoms with E-state index in [-0.39, 0.29) is 13.0 Å². The van der Waals surface area contributed by atoms with E-state index in [0.717, 1.165) is 57.8 Å². The summed E-state index contributed by atoms with van der Waals surface area (Å²) in [6, 6.07) is -1.47. The van der Waals surface area contributed by atoms with Gasteiger partial charge in [0.2, 0.25) is 0 Å². The topological polar surface area (TPSA) is 155 Å². The first-order valence-electron chi connectivity index (χ1n) is 20.5. The van der Waals surface area contributed by atoms with E-state index >= 15 is 0 Å². The van der Waals surface area contributed by atoms with E-state index in [0.29, 0.717) is 13.0 Å². The molecule has 52 heavy (non-hydrogen) atoms. The molecule has 0 aliphatic rings. The lowest BCUT2D eigenvalue weighted by Crippen LogP contribution is -2.34. The van der Waals surface area contributed by atoms with Gasteiger partial charge in [-0.15, -0.1) is 0 Å². The molecule has 0 fully saturated rings. The van der Waals surface area contributed by atoms with E-state index < -0.39 is 45.1 Å². The zero-order chi connectivity index (χ0) is 38.4. The van der Waals surface area contributed by atoms with Gasteiger partial charge in [-0.1, -0.05) is 134 Å². The lowest BCUT2D eigenvalue weighted by molar-refractivity contribution is -0.154. The number of aliphatic carboxylic acids is 1. The third-order valence-electron chi connectivity index (χ3n) is 8.64. The number of hydrogen-bond donors (Lipinski definition) is 3. The molecule has 0 saturated heterocycles. The van der Waals surface area contributed by atoms with Gasteiger partial charge in [0.25, 0.3) is 0 Å². The number of carbonyl (C=O) groups excluding carboxylic acids is 1. The Bertz CT molecular complexity index is 972. The number of unbranched alkanes of at least 4 members (excludes halogenated alkanes) is 19. The van der Waals surface area contributed by atoms with E-state index in [2.05, 4.69) is 50.3 Å². The number of rotatable bonds is 39. The maximum Gasteiger partial charge on any atom is 0.472 e. The van der Waals surface area contributed by atoms with Crippen LogP contribution in [-0.2, 0) is 32.7 Å². The van der Waals surface area contributed by atoms with Gasteiger partial charge in [-0.3, -0.25) is 18.6 Å². The summed E-state index contributed by atoms with van der Waals surface area (Å²) in [5.74, 6) is -1.79. The molecule has 0 aromatic rings. The average molecular weight is 758 g/mol. The number of phosphoric ester groups is 1. The molecule has 0 rings (SSSR count). The molecule has 0 aliphatic carbocycles. The minimum Gasteiger partial charge on any atom is -0.480 e. The number of carbonyl (C=O) groups is 2. The summed E-state index contributed by atoms with van der Waals surface area (Å²) in [4.78, 5) is 33.5. The molecule has 0 aromatic carbocycles. The summed E-state index contributed by atoms with van der Waals surface area (Å²) in [5.41, 5.74) is 5.34. The molecular weight excluding hydrogens is 681 g/mol. The maximum absolute atomic E-state index is 12.6. The van der Waals surface area contributed by atoms with E-state index in [9.17, 15) is 19.0 Å². The van der Waals surface area contributed by atoms with Crippen LogP contribution in [0.3, 0.4) is 0 Å². The van der Waals surface area contributed by atoms with Crippen LogP contribution in [0.5, 0.6) is 0 Å². The second kappa shape index (κ2) is 37.5. The highest BCUT2D eigenvalue weighted by molar-refractivity contribution is 7.47. The fourth-order valence-electron chi connectivity index (χ4n) is 5.39. The molecule has 0 radical (unpaired) electrons. The molecule has 0 heterocycles. The van der Waals surface area contributed by atoms with Crippen molar-refractivity contribution < 1.29 is 42.7 Å². The van der Waals surface area contributed by atoms with Gasteiger partial charge >= 0.3 is 19.8 Å². The van der Waals surface area contributed by atoms with Crippen LogP contribution in [0.2, 0.25) is 0 Å². The molecule has 4 N–H and O–H groups in total. The predicted molar refractivity (Wildman–Crippen MR) is 212 cm³/mol. The molecule has 0 aromatic heterocycles. The third kappa shape index (κ3) is 36.5. The lowest BCUT2D eigenvalue weighted by Gasteiger charge is -2.20. The smallest absolute Gasteiger partial charge is 0.472 e. The van der Waals surface area contributed by atoms with Crippen LogP contribution < -0.4 is 5.73 Å². The highest BCUT2D eigenvalue weighted by atomic mass is 31.2. The van der Waals surface area contributed by atoms with Crippen molar-refractivity contribution in [1.82, 2.24) is 0 Å². The Balaban J connectivity index is 4.29. The number of ether oxygens (including phenoxy) is 2. The number of allylic oxidation sites excluding steroid dienone is 6. The summed E-state index contributed by atoms with van der Waals surface area (Å²) < 4.78 is 33.3. The highest BCUT2D eigenvalue weighted by Gasteiger charge is 2.27. The molecule has 0 spiro atoms. The molecule has 3 atom stereocenters. The van der Waals surface area contributed by atoms with Gasteiger partial charge in [-0.2, -0.15) is 0 Å². The zero-order valence-electron chi connectivity index (χ0n) is 32.9. The fraction of sp³-hybridized carbons (Fsp3) is 0.805. The van der Waals surface area contributed by atoms with Gasteiger partial charge in [0, 0.05) is 13.0 Å². The van der Waals surface area contributed by atoms with Crippen molar-refractivity contribution in [2.24, 2.45) is 5.73 Å². The van der Waals surface area contributed by atoms with Crippen molar-refractivity contribution in [3.05, 3.63) is 36.5 Å². The summed E-state index contributed by atoms with van der Waals surface area (Å²) in [6.45, 7) is 3.80. The number of nitrogens with two attached hydrogens (primary N) is 1. The van der Waals surface area contributed by atoms with E-state index in [1.807, 2.05) is 0 Å². The Labute approximate surface area is 317 Å². The van der Waals surface area contributed by atoms with E-state index in [1.165, 1.54) is 89.9 Å². The van der Waals surface area contributed by atoms with Crippen LogP contribution in [0.25, 0.3) is 0 Å². The molecule has 11 heteroatoms. The van der Waals surface area contributed by atoms with E-state index in [1.54, 1.807) is 0 Å². The Morgan fingerprint density at radius 2 is 1.06 bits per heavy atom. The number of hydrogen-bond acceptors (Lipinski definition) is 8. The van der Waals surface area contributed by atoms with Crippen LogP contribution in [0, 0.1) is 0 Å². The monoisotopic (exact) mass is 758 g/mol. The van der Waals surface area contributed by atoms with Crippen LogP contribution >= 0.6 is 7.82 Å². The van der Waals surface area contributed by atoms with Gasteiger partial charge in [-0.25, -0.2) is 4.57 Å². The molecule has 0 aliphatic heterocycles. The van der Waals surface area contributed by atoms with Crippen LogP contribution in [0.4, 0.5) is 0 Å². The second-order valence-electron chi connectivity index (χ2n) is 13.8. The fourth-order valence-corrected chi connectivity index (χ4v) is 6.17. The quantitative estimate of drug-likeness (QED) is 0.0239. The number of carboxylic acids is 1. The normalized spacial score (nSPS) is 14.4. The zero-order valence-corrected chi connectivity index (χ0v) is 33.8. The van der Waals surface area contributed by atoms with Gasteiger partial charge in [-0.05, 0) is 70.6 Å². The van der Waals surface area contributed by atoms with Crippen LogP contribution in [0.1, 0.15) is 174 Å². The van der Waals surface area contributed by atoms with Crippen molar-refractivity contribution in [3.8, 4) is 0 Å². The molecule has 0 amide bonds. The summed E-state index contributed by atoms with van der Waals surface area (Å²) >= 11 is 0. The first kappa shape index (κ1) is 50.2. The standard InChI is InChI=1S/C41H76NO9P/c1-3-5-7-9-11-13-15-17-18-19-20-21-23-25-27-29-31-33-40(43)51-38(36-49-52(46,47)50-37-39(42)41(44)45)35-48-34-32-30-28-26-24-22-16-14-12-10-8-6-4-2/h11-14,17-18,38-39H,3-10,15-16,19-37,42H2,1-2H3,(H,44,45)(H,46,47)/b13-11-,14-12-,18-17-. The molecular formula is C41H76NO9P. The molecule has 0 saturated carbocycles. The maximum atomic E-state index is 12.6. The van der Waals surface area contributed by atoms with Crippen molar-refractivity contribution in [2.45, 2.75) is 187 Å². The summed E-state index contributed by atoms with van der Waals surface area (Å²) in [6.07, 6.45) is 40.4. The minimum absolute atomic E-state index is 0.00983. The molecule has 3 unspecified atom stereocenters. The van der Waals surface area contributed by atoms with Gasteiger partial charge in [0.1, 0.15) is 12.1 Å². The molecule has 0 bridgehead atoms. The molecule has 304 valence electrons. The first-order chi connectivity index (χ1) is 25.2. The van der Waals surface area contributed by atoms with Crippen molar-refractivity contribution in [3.63, 3.8) is 0 Å². The van der Waals surface area contributed by atoms with Gasteiger partial charge < -0.3 is 25.2 Å². The van der Waals surface area contributed by atoms with Gasteiger partial charge in [0.15, 0.2) is 0 Å². The Kier molecular flexibility index (Phi) is 36.2. The number of esters is 1. The first-order valence-corrected chi connectivity index (χ1v) is 22.0. The Hall–Kier alpha value is -1.81. The lowest BCUT2D eigenvalue weighted by atomic mass is 10.1. The van der Waals surface area contributed by atoms with Crippen molar-refractivity contribution >= 4 is 19.8 Å². The minimum atomic E-state index is -4.61. The predicted octanol–water partition coefficient (Wildman–Crippen LogP) is 10.9. The third-order valence-corrected chi connectivity index (χ3v) is 9.59. The second-order valence-corrected chi connectivity index (χ2v) is 15.2. The number of phosphoric acid groups is 1. The van der Waals surface area contributed by atoms with Gasteiger partial charge in [0.05, 0.1) is 19.8 Å². The Morgan fingerprint density at radius 3 is 1.58 bits per heavy atom. The average Bonchev–Trinajstić information content (AvgIpc) is 3.12. The number of carboxylic acid groups (broad SMARTS) is 1. The highest BCUT2D eigenvalue weighted by Crippen LogP contribution is 2.43. The summed E-state index contributed by atoms with van der Waals surface area (Å²) in [5, 5.41) is 8.88. The largest absolute Gasteiger partial charge is 0.480 e. The molecule has 10 nitrogen and oxygen atoms in total. The van der Waals surface area contributed by atoms with Crippen molar-refractivity contribution in [1.29, 1.82) is 0 Å². The SMILES string of the molecule is CCCCC/C=C\C/C=C\CCCCCCCCCC(=O)OC(COCCCCCCCC/C=C\CCCCC)COP(=O)(O)OCC(N)C(=O)O.